The highest BCUT2D eigenvalue weighted by molar-refractivity contribution is 7.89. The number of nitrogens with one attached hydrogen (secondary N) is 2. The number of guanidine groups is 1. The van der Waals surface area contributed by atoms with E-state index in [1.165, 1.54) is 6.07 Å². The van der Waals surface area contributed by atoms with Crippen molar-refractivity contribution in [3.63, 3.8) is 0 Å². The average molecular weight is 433 g/mol. The Hall–Kier alpha value is -2.45. The Kier molecular flexibility index (Phi) is 7.10. The summed E-state index contributed by atoms with van der Waals surface area (Å²) >= 11 is 0. The minimum Gasteiger partial charge on any atom is -0.352 e. The Morgan fingerprint density at radius 1 is 1.17 bits per heavy atom. The highest BCUT2D eigenvalue weighted by Gasteiger charge is 2.26. The molecule has 1 fully saturated rings. The Morgan fingerprint density at radius 3 is 2.43 bits per heavy atom. The number of nitrogens with zero attached hydrogens (tertiary/aromatic N) is 2. The van der Waals surface area contributed by atoms with E-state index in [4.69, 9.17) is 0 Å². The van der Waals surface area contributed by atoms with Crippen LogP contribution in [-0.4, -0.2) is 38.8 Å². The van der Waals surface area contributed by atoms with Gasteiger partial charge in [0, 0.05) is 26.7 Å². The molecule has 0 radical (unpaired) electrons. The van der Waals surface area contributed by atoms with E-state index >= 15 is 0 Å². The second-order valence-electron chi connectivity index (χ2n) is 7.56. The van der Waals surface area contributed by atoms with E-state index in [1.54, 1.807) is 36.5 Å². The van der Waals surface area contributed by atoms with Gasteiger partial charge in [0.15, 0.2) is 5.96 Å². The van der Waals surface area contributed by atoms with E-state index in [1.807, 2.05) is 25.1 Å². The average Bonchev–Trinajstić information content (AvgIpc) is 3.29. The van der Waals surface area contributed by atoms with Gasteiger partial charge in [-0.1, -0.05) is 24.3 Å². The molecule has 162 valence electrons. The van der Waals surface area contributed by atoms with Crippen molar-refractivity contribution in [2.75, 3.05) is 20.1 Å². The fraction of sp³-hybridized carbons (Fsp3) is 0.409. The number of hydrogen-bond acceptors (Lipinski definition) is 3. The fourth-order valence-corrected chi connectivity index (χ4v) is 4.92. The maximum absolute atomic E-state index is 13.8. The first-order chi connectivity index (χ1) is 14.3. The lowest BCUT2D eigenvalue weighted by atomic mass is 10.1. The number of aliphatic imine (C=N–C) groups is 1. The summed E-state index contributed by atoms with van der Waals surface area (Å²) in [5, 5.41) is 6.45. The molecule has 0 bridgehead atoms. The smallest absolute Gasteiger partial charge is 0.243 e. The lowest BCUT2D eigenvalue weighted by molar-refractivity contribution is 0.477. The molecule has 30 heavy (non-hydrogen) atoms. The van der Waals surface area contributed by atoms with Gasteiger partial charge in [-0.15, -0.1) is 0 Å². The standard InChI is InChI=1S/C22H29FN4O2S/c1-16-6-9-19(14-21(16)23)17(2)26-22(24-3)25-15-18-7-10-20(11-8-18)30(28,29)27-12-4-5-13-27/h6-11,14,17H,4-5,12-13,15H2,1-3H3,(H2,24,25,26). The van der Waals surface area contributed by atoms with E-state index < -0.39 is 10.0 Å². The van der Waals surface area contributed by atoms with Crippen LogP contribution >= 0.6 is 0 Å². The first kappa shape index (κ1) is 22.2. The van der Waals surface area contributed by atoms with Crippen LogP contribution in [0.5, 0.6) is 0 Å². The normalized spacial score (nSPS) is 16.5. The monoisotopic (exact) mass is 432 g/mol. The Labute approximate surface area is 178 Å². The second kappa shape index (κ2) is 9.57. The molecule has 1 saturated heterocycles. The van der Waals surface area contributed by atoms with Crippen LogP contribution in [0.4, 0.5) is 4.39 Å². The predicted molar refractivity (Wildman–Crippen MR) is 117 cm³/mol. The number of aryl methyl sites for hydroxylation is 1. The first-order valence-electron chi connectivity index (χ1n) is 10.1. The van der Waals surface area contributed by atoms with Crippen molar-refractivity contribution >= 4 is 16.0 Å². The molecule has 1 aliphatic rings. The SMILES string of the molecule is CN=C(NCc1ccc(S(=O)(=O)N2CCCC2)cc1)NC(C)c1ccc(C)c(F)c1. The second-order valence-corrected chi connectivity index (χ2v) is 9.49. The molecule has 1 atom stereocenters. The lowest BCUT2D eigenvalue weighted by Gasteiger charge is -2.19. The largest absolute Gasteiger partial charge is 0.352 e. The van der Waals surface area contributed by atoms with E-state index in [0.717, 1.165) is 24.0 Å². The first-order valence-corrected chi connectivity index (χ1v) is 11.6. The molecule has 3 rings (SSSR count). The molecular formula is C22H29FN4O2S. The molecule has 2 aromatic carbocycles. The molecule has 1 heterocycles. The minimum absolute atomic E-state index is 0.126. The third kappa shape index (κ3) is 5.17. The van der Waals surface area contributed by atoms with Crippen molar-refractivity contribution in [2.24, 2.45) is 4.99 Å². The molecule has 2 aromatic rings. The Balaban J connectivity index is 1.59. The summed E-state index contributed by atoms with van der Waals surface area (Å²) in [5.74, 6) is 0.352. The highest BCUT2D eigenvalue weighted by Crippen LogP contribution is 2.21. The summed E-state index contributed by atoms with van der Waals surface area (Å²) in [5.41, 5.74) is 2.38. The van der Waals surface area contributed by atoms with Gasteiger partial charge in [-0.3, -0.25) is 4.99 Å². The van der Waals surface area contributed by atoms with Crippen LogP contribution in [-0.2, 0) is 16.6 Å². The topological polar surface area (TPSA) is 73.8 Å². The predicted octanol–water partition coefficient (Wildman–Crippen LogP) is 3.34. The van der Waals surface area contributed by atoms with Crippen LogP contribution in [0.3, 0.4) is 0 Å². The van der Waals surface area contributed by atoms with Crippen molar-refractivity contribution < 1.29 is 12.8 Å². The lowest BCUT2D eigenvalue weighted by Crippen LogP contribution is -2.38. The summed E-state index contributed by atoms with van der Waals surface area (Å²) < 4.78 is 40.6. The molecule has 1 aliphatic heterocycles. The maximum atomic E-state index is 13.8. The molecule has 0 spiro atoms. The van der Waals surface area contributed by atoms with Crippen LogP contribution in [0.15, 0.2) is 52.4 Å². The van der Waals surface area contributed by atoms with E-state index in [0.29, 0.717) is 36.1 Å². The third-order valence-electron chi connectivity index (χ3n) is 5.36. The molecule has 0 saturated carbocycles. The molecular weight excluding hydrogens is 403 g/mol. The summed E-state index contributed by atoms with van der Waals surface area (Å²) in [6.07, 6.45) is 1.84. The highest BCUT2D eigenvalue weighted by atomic mass is 32.2. The number of rotatable bonds is 6. The summed E-state index contributed by atoms with van der Waals surface area (Å²) in [6, 6.07) is 12.0. The number of sulfonamides is 1. The quantitative estimate of drug-likeness (QED) is 0.542. The number of halogens is 1. The Morgan fingerprint density at radius 2 is 1.83 bits per heavy atom. The van der Waals surface area contributed by atoms with E-state index in [-0.39, 0.29) is 11.9 Å². The van der Waals surface area contributed by atoms with Gasteiger partial charge in [0.1, 0.15) is 5.82 Å². The van der Waals surface area contributed by atoms with Crippen molar-refractivity contribution in [2.45, 2.75) is 44.2 Å². The maximum Gasteiger partial charge on any atom is 0.243 e. The van der Waals surface area contributed by atoms with Gasteiger partial charge in [-0.25, -0.2) is 12.8 Å². The van der Waals surface area contributed by atoms with Crippen LogP contribution in [0.2, 0.25) is 0 Å². The number of benzene rings is 2. The zero-order chi connectivity index (χ0) is 21.7. The zero-order valence-corrected chi connectivity index (χ0v) is 18.5. The zero-order valence-electron chi connectivity index (χ0n) is 17.7. The van der Waals surface area contributed by atoms with Gasteiger partial charge in [0.05, 0.1) is 10.9 Å². The molecule has 2 N–H and O–H groups in total. The van der Waals surface area contributed by atoms with Gasteiger partial charge >= 0.3 is 0 Å². The van der Waals surface area contributed by atoms with Crippen molar-refractivity contribution in [3.05, 3.63) is 65.0 Å². The van der Waals surface area contributed by atoms with Crippen LogP contribution in [0.1, 0.15) is 42.5 Å². The van der Waals surface area contributed by atoms with Gasteiger partial charge < -0.3 is 10.6 Å². The van der Waals surface area contributed by atoms with Crippen molar-refractivity contribution in [1.82, 2.24) is 14.9 Å². The molecule has 0 amide bonds. The fourth-order valence-electron chi connectivity index (χ4n) is 3.40. The molecule has 0 aromatic heterocycles. The Bertz CT molecular complexity index is 1000. The third-order valence-corrected chi connectivity index (χ3v) is 7.27. The molecule has 6 nitrogen and oxygen atoms in total. The van der Waals surface area contributed by atoms with Crippen LogP contribution < -0.4 is 10.6 Å². The number of hydrogen-bond donors (Lipinski definition) is 2. The minimum atomic E-state index is -3.40. The van der Waals surface area contributed by atoms with Gasteiger partial charge in [-0.05, 0) is 61.6 Å². The molecule has 1 unspecified atom stereocenters. The summed E-state index contributed by atoms with van der Waals surface area (Å²) in [4.78, 5) is 4.54. The molecule has 0 aliphatic carbocycles. The van der Waals surface area contributed by atoms with Gasteiger partial charge in [0.2, 0.25) is 10.0 Å². The van der Waals surface area contributed by atoms with Crippen LogP contribution in [0, 0.1) is 12.7 Å². The van der Waals surface area contributed by atoms with Gasteiger partial charge in [0.25, 0.3) is 0 Å². The summed E-state index contributed by atoms with van der Waals surface area (Å²) in [6.45, 7) is 5.35. The molecule has 8 heteroatoms. The van der Waals surface area contributed by atoms with Crippen molar-refractivity contribution in [3.8, 4) is 0 Å². The summed E-state index contributed by atoms with van der Waals surface area (Å²) in [7, 11) is -1.73. The van der Waals surface area contributed by atoms with E-state index in [9.17, 15) is 12.8 Å². The van der Waals surface area contributed by atoms with Gasteiger partial charge in [-0.2, -0.15) is 4.31 Å². The van der Waals surface area contributed by atoms with E-state index in [2.05, 4.69) is 15.6 Å². The van der Waals surface area contributed by atoms with Crippen LogP contribution in [0.25, 0.3) is 0 Å². The van der Waals surface area contributed by atoms with Crippen molar-refractivity contribution in [1.29, 1.82) is 0 Å².